The van der Waals surface area contributed by atoms with Crippen LogP contribution in [-0.2, 0) is 9.59 Å². The molecule has 1 rings (SSSR count). The van der Waals surface area contributed by atoms with Crippen molar-refractivity contribution in [2.45, 2.75) is 72.4 Å². The van der Waals surface area contributed by atoms with Crippen molar-refractivity contribution in [3.8, 4) is 0 Å². The van der Waals surface area contributed by atoms with E-state index in [2.05, 4.69) is 34.6 Å². The second kappa shape index (κ2) is 9.62. The van der Waals surface area contributed by atoms with E-state index in [9.17, 15) is 9.59 Å². The number of likely N-dealkylation sites (tertiary alicyclic amines) is 1. The summed E-state index contributed by atoms with van der Waals surface area (Å²) < 4.78 is 0. The van der Waals surface area contributed by atoms with Crippen LogP contribution in [0.3, 0.4) is 0 Å². The van der Waals surface area contributed by atoms with Crippen LogP contribution in [0.2, 0.25) is 0 Å². The van der Waals surface area contributed by atoms with E-state index >= 15 is 0 Å². The molecule has 0 saturated carbocycles. The van der Waals surface area contributed by atoms with Gasteiger partial charge in [0.05, 0.1) is 0 Å². The number of nitrogens with zero attached hydrogens (tertiary/aromatic N) is 2. The molecule has 1 fully saturated rings. The highest BCUT2D eigenvalue weighted by Crippen LogP contribution is 2.25. The van der Waals surface area contributed by atoms with E-state index in [1.807, 2.05) is 7.05 Å². The van der Waals surface area contributed by atoms with E-state index in [0.717, 1.165) is 19.3 Å². The maximum absolute atomic E-state index is 12.7. The Hall–Kier alpha value is -0.810. The number of likely N-dealkylation sites (N-methyl/N-ethyl adjacent to an activating group) is 1. The molecule has 0 aromatic carbocycles. The minimum absolute atomic E-state index is 0. The Morgan fingerprint density at radius 2 is 1.88 bits per heavy atom. The van der Waals surface area contributed by atoms with Crippen molar-refractivity contribution in [2.75, 3.05) is 20.1 Å². The van der Waals surface area contributed by atoms with E-state index in [-0.39, 0.29) is 41.7 Å². The zero-order valence-corrected chi connectivity index (χ0v) is 17.0. The minimum Gasteiger partial charge on any atom is -0.344 e. The molecule has 2 N–H and O–H groups in total. The molecule has 6 heteroatoms. The predicted octanol–water partition coefficient (Wildman–Crippen LogP) is 2.67. The molecule has 0 spiro atoms. The highest BCUT2D eigenvalue weighted by Gasteiger charge is 2.36. The zero-order chi connectivity index (χ0) is 17.8. The Kier molecular flexibility index (Phi) is 9.29. The first-order chi connectivity index (χ1) is 10.5. The number of nitrogens with two attached hydrogens (primary N) is 1. The van der Waals surface area contributed by atoms with Crippen LogP contribution in [0.25, 0.3) is 0 Å². The maximum atomic E-state index is 12.7. The molecule has 0 radical (unpaired) electrons. The molecule has 1 saturated heterocycles. The van der Waals surface area contributed by atoms with Gasteiger partial charge < -0.3 is 15.5 Å². The first-order valence-corrected chi connectivity index (χ1v) is 8.83. The third-order valence-corrected chi connectivity index (χ3v) is 4.57. The molecule has 0 aromatic rings. The molecule has 2 atom stereocenters. The molecule has 1 heterocycles. The van der Waals surface area contributed by atoms with Crippen LogP contribution in [0, 0.1) is 11.3 Å². The number of amides is 2. The molecule has 24 heavy (non-hydrogen) atoms. The molecule has 142 valence electrons. The van der Waals surface area contributed by atoms with Crippen molar-refractivity contribution in [1.29, 1.82) is 0 Å². The lowest BCUT2D eigenvalue weighted by Gasteiger charge is -2.30. The van der Waals surface area contributed by atoms with E-state index in [0.29, 0.717) is 25.4 Å². The van der Waals surface area contributed by atoms with Gasteiger partial charge in [-0.25, -0.2) is 0 Å². The van der Waals surface area contributed by atoms with Gasteiger partial charge in [0.25, 0.3) is 0 Å². The van der Waals surface area contributed by atoms with Crippen LogP contribution in [0.15, 0.2) is 0 Å². The summed E-state index contributed by atoms with van der Waals surface area (Å²) in [7, 11) is 1.82. The van der Waals surface area contributed by atoms with Gasteiger partial charge in [0.15, 0.2) is 0 Å². The Balaban J connectivity index is 0.00000529. The van der Waals surface area contributed by atoms with E-state index in [1.165, 1.54) is 0 Å². The molecule has 5 nitrogen and oxygen atoms in total. The SMILES string of the molecule is CC(C)C(N)CCN(C)C(=O)C1CCCN1C(=O)CC(C)(C)C.Cl. The van der Waals surface area contributed by atoms with Gasteiger partial charge in [0.2, 0.25) is 11.8 Å². The Labute approximate surface area is 153 Å². The van der Waals surface area contributed by atoms with Crippen molar-refractivity contribution < 1.29 is 9.59 Å². The van der Waals surface area contributed by atoms with Gasteiger partial charge in [-0.2, -0.15) is 0 Å². The molecule has 1 aliphatic heterocycles. The van der Waals surface area contributed by atoms with E-state index in [1.54, 1.807) is 9.80 Å². The lowest BCUT2D eigenvalue weighted by molar-refractivity contribution is -0.144. The van der Waals surface area contributed by atoms with Crippen molar-refractivity contribution in [1.82, 2.24) is 9.80 Å². The van der Waals surface area contributed by atoms with Gasteiger partial charge >= 0.3 is 0 Å². The molecule has 2 amide bonds. The fourth-order valence-corrected chi connectivity index (χ4v) is 2.92. The average Bonchev–Trinajstić information content (AvgIpc) is 2.90. The summed E-state index contributed by atoms with van der Waals surface area (Å²) in [6.45, 7) is 11.7. The highest BCUT2D eigenvalue weighted by atomic mass is 35.5. The predicted molar refractivity (Wildman–Crippen MR) is 101 cm³/mol. The fourth-order valence-electron chi connectivity index (χ4n) is 2.92. The summed E-state index contributed by atoms with van der Waals surface area (Å²) in [6, 6.07) is -0.183. The lowest BCUT2D eigenvalue weighted by atomic mass is 9.91. The monoisotopic (exact) mass is 361 g/mol. The smallest absolute Gasteiger partial charge is 0.245 e. The number of carbonyl (C=O) groups is 2. The molecule has 0 aromatic heterocycles. The van der Waals surface area contributed by atoms with Crippen LogP contribution >= 0.6 is 12.4 Å². The molecular weight excluding hydrogens is 326 g/mol. The largest absolute Gasteiger partial charge is 0.344 e. The third-order valence-electron chi connectivity index (χ3n) is 4.57. The van der Waals surface area contributed by atoms with Gasteiger partial charge in [0, 0.05) is 32.6 Å². The van der Waals surface area contributed by atoms with Gasteiger partial charge in [0.1, 0.15) is 6.04 Å². The standard InChI is InChI=1S/C18H35N3O2.ClH/c1-13(2)14(19)9-11-20(6)17(23)15-8-7-10-21(15)16(22)12-18(3,4)5;/h13-15H,7-12,19H2,1-6H3;1H. The summed E-state index contributed by atoms with van der Waals surface area (Å²) in [6.07, 6.45) is 2.96. The first kappa shape index (κ1) is 23.2. The second-order valence-corrected chi connectivity index (χ2v) is 8.44. The lowest BCUT2D eigenvalue weighted by Crippen LogP contribution is -2.48. The van der Waals surface area contributed by atoms with E-state index < -0.39 is 0 Å². The highest BCUT2D eigenvalue weighted by molar-refractivity contribution is 5.88. The van der Waals surface area contributed by atoms with Crippen molar-refractivity contribution in [3.63, 3.8) is 0 Å². The maximum Gasteiger partial charge on any atom is 0.245 e. The molecule has 2 unspecified atom stereocenters. The summed E-state index contributed by atoms with van der Waals surface area (Å²) >= 11 is 0. The number of hydrogen-bond donors (Lipinski definition) is 1. The second-order valence-electron chi connectivity index (χ2n) is 8.44. The quantitative estimate of drug-likeness (QED) is 0.790. The number of rotatable bonds is 6. The zero-order valence-electron chi connectivity index (χ0n) is 16.2. The average molecular weight is 362 g/mol. The van der Waals surface area contributed by atoms with Gasteiger partial charge in [-0.3, -0.25) is 9.59 Å². The summed E-state index contributed by atoms with van der Waals surface area (Å²) in [5, 5.41) is 0. The first-order valence-electron chi connectivity index (χ1n) is 8.83. The number of carbonyl (C=O) groups excluding carboxylic acids is 2. The topological polar surface area (TPSA) is 66.6 Å². The van der Waals surface area contributed by atoms with Crippen LogP contribution in [0.1, 0.15) is 60.3 Å². The normalized spacial score (nSPS) is 19.2. The molecule has 0 aliphatic carbocycles. The molecular formula is C18H36ClN3O2. The number of hydrogen-bond acceptors (Lipinski definition) is 3. The Morgan fingerprint density at radius 3 is 2.38 bits per heavy atom. The van der Waals surface area contributed by atoms with Crippen LogP contribution < -0.4 is 5.73 Å². The Bertz CT molecular complexity index is 421. The van der Waals surface area contributed by atoms with Gasteiger partial charge in [-0.05, 0) is 30.6 Å². The van der Waals surface area contributed by atoms with Crippen LogP contribution in [-0.4, -0.2) is 53.8 Å². The summed E-state index contributed by atoms with van der Waals surface area (Å²) in [4.78, 5) is 28.7. The molecule has 0 bridgehead atoms. The number of halogens is 1. The van der Waals surface area contributed by atoms with Crippen molar-refractivity contribution >= 4 is 24.2 Å². The van der Waals surface area contributed by atoms with Crippen molar-refractivity contribution in [2.24, 2.45) is 17.1 Å². The minimum atomic E-state index is -0.287. The van der Waals surface area contributed by atoms with Crippen LogP contribution in [0.4, 0.5) is 0 Å². The van der Waals surface area contributed by atoms with Crippen LogP contribution in [0.5, 0.6) is 0 Å². The fraction of sp³-hybridized carbons (Fsp3) is 0.889. The summed E-state index contributed by atoms with van der Waals surface area (Å²) in [5.41, 5.74) is 6.01. The summed E-state index contributed by atoms with van der Waals surface area (Å²) in [5.74, 6) is 0.566. The Morgan fingerprint density at radius 1 is 1.29 bits per heavy atom. The third kappa shape index (κ3) is 6.98. The van der Waals surface area contributed by atoms with E-state index in [4.69, 9.17) is 5.73 Å². The van der Waals surface area contributed by atoms with Crippen molar-refractivity contribution in [3.05, 3.63) is 0 Å². The van der Waals surface area contributed by atoms with Gasteiger partial charge in [-0.1, -0.05) is 34.6 Å². The molecule has 1 aliphatic rings. The van der Waals surface area contributed by atoms with Gasteiger partial charge in [-0.15, -0.1) is 12.4 Å².